The normalized spacial score (nSPS) is 16.8. The second-order valence-corrected chi connectivity index (χ2v) is 5.94. The smallest absolute Gasteiger partial charge is 0.256 e. The first kappa shape index (κ1) is 13.9. The predicted octanol–water partition coefficient (Wildman–Crippen LogP) is 2.36. The number of anilines is 1. The second kappa shape index (κ2) is 5.50. The number of rotatable bonds is 2. The van der Waals surface area contributed by atoms with Crippen LogP contribution in [0.3, 0.4) is 0 Å². The van der Waals surface area contributed by atoms with Gasteiger partial charge in [0.25, 0.3) is 5.91 Å². The van der Waals surface area contributed by atoms with Crippen molar-refractivity contribution in [3.05, 3.63) is 59.4 Å². The van der Waals surface area contributed by atoms with Crippen LogP contribution in [0.15, 0.2) is 42.6 Å². The molecule has 0 aliphatic carbocycles. The fraction of sp³-hybridized carbons (Fsp3) is 0.278. The van der Waals surface area contributed by atoms with Gasteiger partial charge in [0.15, 0.2) is 0 Å². The summed E-state index contributed by atoms with van der Waals surface area (Å²) >= 11 is 0. The van der Waals surface area contributed by atoms with Crippen LogP contribution in [0.4, 0.5) is 5.69 Å². The second-order valence-electron chi connectivity index (χ2n) is 5.94. The van der Waals surface area contributed by atoms with E-state index < -0.39 is 0 Å². The number of aromatic nitrogens is 1. The molecule has 2 aliphatic rings. The molecule has 0 spiro atoms. The van der Waals surface area contributed by atoms with Crippen molar-refractivity contribution in [2.24, 2.45) is 0 Å². The Morgan fingerprint density at radius 2 is 1.96 bits per heavy atom. The number of benzene rings is 1. The summed E-state index contributed by atoms with van der Waals surface area (Å²) in [6.45, 7) is 1.78. The highest BCUT2D eigenvalue weighted by Gasteiger charge is 2.30. The minimum atomic E-state index is -0.0432. The summed E-state index contributed by atoms with van der Waals surface area (Å²) < 4.78 is 0. The van der Waals surface area contributed by atoms with Crippen LogP contribution in [0.2, 0.25) is 0 Å². The van der Waals surface area contributed by atoms with E-state index in [1.165, 1.54) is 0 Å². The highest BCUT2D eigenvalue weighted by molar-refractivity contribution is 6.05. The van der Waals surface area contributed by atoms with E-state index in [1.54, 1.807) is 22.1 Å². The molecule has 2 amide bonds. The van der Waals surface area contributed by atoms with Gasteiger partial charge < -0.3 is 9.80 Å². The molecule has 3 heterocycles. The van der Waals surface area contributed by atoms with Crippen molar-refractivity contribution in [2.75, 3.05) is 11.4 Å². The van der Waals surface area contributed by atoms with E-state index in [0.29, 0.717) is 31.6 Å². The monoisotopic (exact) mass is 307 g/mol. The maximum Gasteiger partial charge on any atom is 0.256 e. The number of pyridine rings is 1. The maximum atomic E-state index is 13.0. The predicted molar refractivity (Wildman–Crippen MR) is 85.8 cm³/mol. The topological polar surface area (TPSA) is 53.5 Å². The minimum Gasteiger partial charge on any atom is -0.328 e. The van der Waals surface area contributed by atoms with Gasteiger partial charge in [0.05, 0.1) is 23.5 Å². The third-order valence-corrected chi connectivity index (χ3v) is 4.47. The summed E-state index contributed by atoms with van der Waals surface area (Å²) in [6.07, 6.45) is 3.16. The van der Waals surface area contributed by atoms with Crippen LogP contribution in [0.1, 0.15) is 34.5 Å². The van der Waals surface area contributed by atoms with Crippen LogP contribution in [0, 0.1) is 0 Å². The Morgan fingerprint density at radius 1 is 1.09 bits per heavy atom. The Hall–Kier alpha value is -2.69. The molecule has 0 unspecified atom stereocenters. The van der Waals surface area contributed by atoms with Crippen molar-refractivity contribution in [1.29, 1.82) is 0 Å². The number of fused-ring (bicyclic) bond motifs is 1. The van der Waals surface area contributed by atoms with E-state index in [9.17, 15) is 9.59 Å². The highest BCUT2D eigenvalue weighted by Crippen LogP contribution is 2.29. The molecule has 116 valence electrons. The molecule has 0 saturated carbocycles. The van der Waals surface area contributed by atoms with E-state index in [2.05, 4.69) is 4.98 Å². The van der Waals surface area contributed by atoms with Gasteiger partial charge in [0.1, 0.15) is 0 Å². The first-order valence-corrected chi connectivity index (χ1v) is 7.85. The third kappa shape index (κ3) is 2.38. The summed E-state index contributed by atoms with van der Waals surface area (Å²) in [7, 11) is 0. The number of hydrogen-bond donors (Lipinski definition) is 0. The quantitative estimate of drug-likeness (QED) is 0.856. The molecule has 1 aromatic heterocycles. The van der Waals surface area contributed by atoms with Gasteiger partial charge in [-0.1, -0.05) is 18.2 Å². The molecular weight excluding hydrogens is 290 g/mol. The number of carbonyl (C=O) groups excluding carboxylic acids is 2. The van der Waals surface area contributed by atoms with Crippen LogP contribution in [0.5, 0.6) is 0 Å². The number of para-hydroxylation sites is 1. The Morgan fingerprint density at radius 3 is 2.74 bits per heavy atom. The molecule has 0 radical (unpaired) electrons. The molecule has 1 saturated heterocycles. The lowest BCUT2D eigenvalue weighted by Gasteiger charge is -2.22. The average Bonchev–Trinajstić information content (AvgIpc) is 3.20. The zero-order chi connectivity index (χ0) is 15.8. The van der Waals surface area contributed by atoms with E-state index in [0.717, 1.165) is 23.4 Å². The molecular formula is C18H17N3O2. The number of carbonyl (C=O) groups is 2. The molecule has 4 rings (SSSR count). The number of nitrogens with zero attached hydrogens (tertiary/aromatic N) is 3. The van der Waals surface area contributed by atoms with Crippen LogP contribution < -0.4 is 4.90 Å². The van der Waals surface area contributed by atoms with Gasteiger partial charge in [-0.05, 0) is 30.2 Å². The maximum absolute atomic E-state index is 13.0. The fourth-order valence-corrected chi connectivity index (χ4v) is 3.31. The first-order chi connectivity index (χ1) is 11.2. The van der Waals surface area contributed by atoms with E-state index in [4.69, 9.17) is 0 Å². The molecule has 5 nitrogen and oxygen atoms in total. The van der Waals surface area contributed by atoms with Gasteiger partial charge in [0, 0.05) is 25.7 Å². The summed E-state index contributed by atoms with van der Waals surface area (Å²) in [5.41, 5.74) is 3.37. The van der Waals surface area contributed by atoms with Gasteiger partial charge >= 0.3 is 0 Å². The lowest BCUT2D eigenvalue weighted by molar-refractivity contribution is -0.117. The zero-order valence-electron chi connectivity index (χ0n) is 12.7. The standard InChI is InChI=1S/C18H17N3O2/c22-17-8-4-10-21(17)16-7-2-1-6-14(16)18(23)20-11-13-5-3-9-19-15(13)12-20/h1-3,5-7,9H,4,8,10-12H2. The average molecular weight is 307 g/mol. The van der Waals surface area contributed by atoms with E-state index in [-0.39, 0.29) is 11.8 Å². The molecule has 1 aromatic carbocycles. The van der Waals surface area contributed by atoms with Crippen LogP contribution in [0.25, 0.3) is 0 Å². The van der Waals surface area contributed by atoms with Crippen LogP contribution in [-0.2, 0) is 17.9 Å². The largest absolute Gasteiger partial charge is 0.328 e. The van der Waals surface area contributed by atoms with Gasteiger partial charge in [0.2, 0.25) is 5.91 Å². The molecule has 0 N–H and O–H groups in total. The van der Waals surface area contributed by atoms with Crippen LogP contribution in [-0.4, -0.2) is 28.2 Å². The Bertz CT molecular complexity index is 762. The molecule has 2 aliphatic heterocycles. The van der Waals surface area contributed by atoms with Gasteiger partial charge in [-0.3, -0.25) is 14.6 Å². The molecule has 1 fully saturated rings. The first-order valence-electron chi connectivity index (χ1n) is 7.85. The molecule has 0 atom stereocenters. The third-order valence-electron chi connectivity index (χ3n) is 4.47. The van der Waals surface area contributed by atoms with Crippen molar-refractivity contribution in [3.8, 4) is 0 Å². The van der Waals surface area contributed by atoms with Crippen molar-refractivity contribution in [1.82, 2.24) is 9.88 Å². The minimum absolute atomic E-state index is 0.0432. The number of amides is 2. The fourth-order valence-electron chi connectivity index (χ4n) is 3.31. The van der Waals surface area contributed by atoms with Gasteiger partial charge in [-0.2, -0.15) is 0 Å². The van der Waals surface area contributed by atoms with Gasteiger partial charge in [-0.15, -0.1) is 0 Å². The summed E-state index contributed by atoms with van der Waals surface area (Å²) in [5.74, 6) is 0.0509. The Balaban J connectivity index is 1.64. The Labute approximate surface area is 134 Å². The zero-order valence-corrected chi connectivity index (χ0v) is 12.7. The lowest BCUT2D eigenvalue weighted by Crippen LogP contribution is -2.30. The molecule has 23 heavy (non-hydrogen) atoms. The van der Waals surface area contributed by atoms with E-state index in [1.807, 2.05) is 30.3 Å². The SMILES string of the molecule is O=C(c1ccccc1N1CCCC1=O)N1Cc2cccnc2C1. The lowest BCUT2D eigenvalue weighted by atomic mass is 10.1. The van der Waals surface area contributed by atoms with Crippen LogP contribution >= 0.6 is 0 Å². The van der Waals surface area contributed by atoms with Crippen molar-refractivity contribution >= 4 is 17.5 Å². The number of hydrogen-bond acceptors (Lipinski definition) is 3. The molecule has 5 heteroatoms. The molecule has 0 bridgehead atoms. The molecule has 2 aromatic rings. The summed E-state index contributed by atoms with van der Waals surface area (Å²) in [5, 5.41) is 0. The van der Waals surface area contributed by atoms with Crippen molar-refractivity contribution < 1.29 is 9.59 Å². The Kier molecular flexibility index (Phi) is 3.33. The van der Waals surface area contributed by atoms with Crippen molar-refractivity contribution in [3.63, 3.8) is 0 Å². The van der Waals surface area contributed by atoms with Gasteiger partial charge in [-0.25, -0.2) is 0 Å². The van der Waals surface area contributed by atoms with E-state index >= 15 is 0 Å². The highest BCUT2D eigenvalue weighted by atomic mass is 16.2. The summed E-state index contributed by atoms with van der Waals surface area (Å²) in [4.78, 5) is 32.9. The van der Waals surface area contributed by atoms with Crippen molar-refractivity contribution in [2.45, 2.75) is 25.9 Å². The summed E-state index contributed by atoms with van der Waals surface area (Å²) in [6, 6.07) is 11.3.